The van der Waals surface area contributed by atoms with Crippen molar-refractivity contribution in [2.24, 2.45) is 0 Å². The maximum atomic E-state index is 12.1. The number of benzene rings is 2. The SMILES string of the molecule is CCCC/C=C/S(=O)c1ccc(-c2ccccc2)cc1. The Balaban J connectivity index is 2.05. The first-order valence-electron chi connectivity index (χ1n) is 7.04. The van der Waals surface area contributed by atoms with Crippen LogP contribution in [0.2, 0.25) is 0 Å². The van der Waals surface area contributed by atoms with Gasteiger partial charge >= 0.3 is 0 Å². The monoisotopic (exact) mass is 284 g/mol. The highest BCUT2D eigenvalue weighted by molar-refractivity contribution is 7.88. The van der Waals surface area contributed by atoms with Crippen molar-refractivity contribution in [3.8, 4) is 11.1 Å². The zero-order valence-corrected chi connectivity index (χ0v) is 12.6. The molecule has 2 heteroatoms. The van der Waals surface area contributed by atoms with Crippen LogP contribution in [0.25, 0.3) is 11.1 Å². The Morgan fingerprint density at radius 2 is 1.60 bits per heavy atom. The van der Waals surface area contributed by atoms with Crippen LogP contribution in [0.4, 0.5) is 0 Å². The second kappa shape index (κ2) is 7.81. The van der Waals surface area contributed by atoms with E-state index in [0.29, 0.717) is 0 Å². The predicted octanol–water partition coefficient (Wildman–Crippen LogP) is 5.17. The summed E-state index contributed by atoms with van der Waals surface area (Å²) < 4.78 is 12.1. The highest BCUT2D eigenvalue weighted by Crippen LogP contribution is 2.20. The predicted molar refractivity (Wildman–Crippen MR) is 87.0 cm³/mol. The normalized spacial score (nSPS) is 12.7. The van der Waals surface area contributed by atoms with E-state index < -0.39 is 10.8 Å². The van der Waals surface area contributed by atoms with Gasteiger partial charge in [0.2, 0.25) is 0 Å². The van der Waals surface area contributed by atoms with Gasteiger partial charge in [-0.2, -0.15) is 0 Å². The van der Waals surface area contributed by atoms with Crippen LogP contribution in [0.15, 0.2) is 71.0 Å². The minimum Gasteiger partial charge on any atom is -0.250 e. The number of allylic oxidation sites excluding steroid dienone is 1. The maximum absolute atomic E-state index is 12.1. The van der Waals surface area contributed by atoms with E-state index in [-0.39, 0.29) is 0 Å². The summed E-state index contributed by atoms with van der Waals surface area (Å²) in [5.74, 6) is 0. The summed E-state index contributed by atoms with van der Waals surface area (Å²) >= 11 is 0. The molecule has 2 rings (SSSR count). The topological polar surface area (TPSA) is 17.1 Å². The number of hydrogen-bond acceptors (Lipinski definition) is 1. The molecule has 1 unspecified atom stereocenters. The molecular weight excluding hydrogens is 264 g/mol. The van der Waals surface area contributed by atoms with E-state index >= 15 is 0 Å². The third-order valence-corrected chi connectivity index (χ3v) is 4.31. The van der Waals surface area contributed by atoms with Gasteiger partial charge in [0.1, 0.15) is 0 Å². The molecule has 0 N–H and O–H groups in total. The summed E-state index contributed by atoms with van der Waals surface area (Å²) in [6.45, 7) is 2.16. The Morgan fingerprint density at radius 3 is 2.25 bits per heavy atom. The van der Waals surface area contributed by atoms with Crippen molar-refractivity contribution < 1.29 is 4.21 Å². The van der Waals surface area contributed by atoms with Crippen LogP contribution in [0.3, 0.4) is 0 Å². The van der Waals surface area contributed by atoms with Crippen molar-refractivity contribution in [2.45, 2.75) is 31.1 Å². The fourth-order valence-corrected chi connectivity index (χ4v) is 2.84. The van der Waals surface area contributed by atoms with E-state index in [1.54, 1.807) is 5.41 Å². The van der Waals surface area contributed by atoms with Crippen molar-refractivity contribution in [1.29, 1.82) is 0 Å². The van der Waals surface area contributed by atoms with E-state index in [1.807, 2.05) is 48.5 Å². The smallest absolute Gasteiger partial charge is 0.0772 e. The highest BCUT2D eigenvalue weighted by atomic mass is 32.2. The van der Waals surface area contributed by atoms with Gasteiger partial charge in [-0.3, -0.25) is 0 Å². The molecule has 0 aliphatic rings. The summed E-state index contributed by atoms with van der Waals surface area (Å²) in [6, 6.07) is 18.2. The number of rotatable bonds is 6. The Kier molecular flexibility index (Phi) is 5.75. The first kappa shape index (κ1) is 14.7. The Bertz CT molecular complexity index is 570. The first-order chi connectivity index (χ1) is 9.81. The summed E-state index contributed by atoms with van der Waals surface area (Å²) in [5, 5.41) is 1.80. The second-order valence-corrected chi connectivity index (χ2v) is 6.04. The largest absolute Gasteiger partial charge is 0.250 e. The fraction of sp³-hybridized carbons (Fsp3) is 0.222. The Labute approximate surface area is 123 Å². The van der Waals surface area contributed by atoms with Gasteiger partial charge in [0, 0.05) is 10.3 Å². The third-order valence-electron chi connectivity index (χ3n) is 3.14. The zero-order valence-electron chi connectivity index (χ0n) is 11.8. The molecule has 2 aromatic rings. The lowest BCUT2D eigenvalue weighted by atomic mass is 10.1. The number of unbranched alkanes of at least 4 members (excludes halogenated alkanes) is 2. The highest BCUT2D eigenvalue weighted by Gasteiger charge is 2.01. The van der Waals surface area contributed by atoms with Crippen LogP contribution in [0.1, 0.15) is 26.2 Å². The number of hydrogen-bond donors (Lipinski definition) is 0. The Hall–Kier alpha value is -1.67. The molecule has 2 aromatic carbocycles. The average molecular weight is 284 g/mol. The second-order valence-electron chi connectivity index (χ2n) is 4.70. The van der Waals surface area contributed by atoms with Gasteiger partial charge in [-0.15, -0.1) is 0 Å². The summed E-state index contributed by atoms with van der Waals surface area (Å²) in [4.78, 5) is 0.859. The molecule has 0 radical (unpaired) electrons. The molecule has 104 valence electrons. The van der Waals surface area contributed by atoms with Crippen molar-refractivity contribution in [2.75, 3.05) is 0 Å². The molecule has 1 nitrogen and oxygen atoms in total. The van der Waals surface area contributed by atoms with Crippen LogP contribution in [0.5, 0.6) is 0 Å². The lowest BCUT2D eigenvalue weighted by Crippen LogP contribution is -1.86. The van der Waals surface area contributed by atoms with Gasteiger partial charge in [0.15, 0.2) is 0 Å². The quantitative estimate of drug-likeness (QED) is 0.669. The molecule has 0 aliphatic heterocycles. The van der Waals surface area contributed by atoms with Crippen molar-refractivity contribution in [3.63, 3.8) is 0 Å². The van der Waals surface area contributed by atoms with Gasteiger partial charge in [-0.25, -0.2) is 4.21 Å². The van der Waals surface area contributed by atoms with Crippen molar-refractivity contribution in [3.05, 3.63) is 66.1 Å². The van der Waals surface area contributed by atoms with Gasteiger partial charge in [-0.05, 0) is 29.7 Å². The molecule has 0 aromatic heterocycles. The van der Waals surface area contributed by atoms with Gasteiger partial charge in [-0.1, -0.05) is 68.3 Å². The van der Waals surface area contributed by atoms with Crippen LogP contribution in [0, 0.1) is 0 Å². The summed E-state index contributed by atoms with van der Waals surface area (Å²) in [6.07, 6.45) is 5.35. The molecule has 0 saturated heterocycles. The van der Waals surface area contributed by atoms with E-state index in [4.69, 9.17) is 0 Å². The average Bonchev–Trinajstić information content (AvgIpc) is 2.52. The zero-order chi connectivity index (χ0) is 14.2. The molecule has 0 amide bonds. The fourth-order valence-electron chi connectivity index (χ4n) is 1.97. The van der Waals surface area contributed by atoms with E-state index in [2.05, 4.69) is 19.1 Å². The van der Waals surface area contributed by atoms with Gasteiger partial charge < -0.3 is 0 Å². The van der Waals surface area contributed by atoms with E-state index in [9.17, 15) is 4.21 Å². The van der Waals surface area contributed by atoms with Gasteiger partial charge in [0.05, 0.1) is 10.8 Å². The molecule has 0 spiro atoms. The maximum Gasteiger partial charge on any atom is 0.0772 e. The molecule has 0 fully saturated rings. The van der Waals surface area contributed by atoms with Crippen LogP contribution >= 0.6 is 0 Å². The minimum atomic E-state index is -1.03. The molecule has 0 bridgehead atoms. The molecule has 0 saturated carbocycles. The molecule has 0 aliphatic carbocycles. The molecule has 1 atom stereocenters. The Morgan fingerprint density at radius 1 is 0.950 bits per heavy atom. The molecule has 20 heavy (non-hydrogen) atoms. The van der Waals surface area contributed by atoms with Crippen LogP contribution < -0.4 is 0 Å². The lowest BCUT2D eigenvalue weighted by Gasteiger charge is -2.02. The van der Waals surface area contributed by atoms with Crippen LogP contribution in [-0.4, -0.2) is 4.21 Å². The minimum absolute atomic E-state index is 0.859. The van der Waals surface area contributed by atoms with E-state index in [0.717, 1.165) is 23.3 Å². The third kappa shape index (κ3) is 4.17. The first-order valence-corrected chi connectivity index (χ1v) is 8.25. The summed E-state index contributed by atoms with van der Waals surface area (Å²) in [7, 11) is -1.03. The van der Waals surface area contributed by atoms with Gasteiger partial charge in [0.25, 0.3) is 0 Å². The van der Waals surface area contributed by atoms with E-state index in [1.165, 1.54) is 12.0 Å². The lowest BCUT2D eigenvalue weighted by molar-refractivity contribution is 0.688. The summed E-state index contributed by atoms with van der Waals surface area (Å²) in [5.41, 5.74) is 2.34. The molecular formula is C18H20OS. The van der Waals surface area contributed by atoms with Crippen molar-refractivity contribution >= 4 is 10.8 Å². The standard InChI is InChI=1S/C18H20OS/c1-2-3-4-8-15-20(19)18-13-11-17(12-14-18)16-9-6-5-7-10-16/h5-15H,2-4H2,1H3/b15-8+. The molecule has 0 heterocycles. The van der Waals surface area contributed by atoms with Crippen molar-refractivity contribution in [1.82, 2.24) is 0 Å². The van der Waals surface area contributed by atoms with Crippen LogP contribution in [-0.2, 0) is 10.8 Å².